The predicted octanol–water partition coefficient (Wildman–Crippen LogP) is 1.58. The molecule has 0 atom stereocenters. The minimum Gasteiger partial charge on any atom is -0.324 e. The third-order valence-electron chi connectivity index (χ3n) is 4.68. The van der Waals surface area contributed by atoms with Gasteiger partial charge in [0, 0.05) is 24.2 Å². The van der Waals surface area contributed by atoms with E-state index in [4.69, 9.17) is 11.6 Å². The largest absolute Gasteiger partial charge is 0.330 e. The smallest absolute Gasteiger partial charge is 0.324 e. The Labute approximate surface area is 169 Å². The lowest BCUT2D eigenvalue weighted by molar-refractivity contribution is 0.544. The Morgan fingerprint density at radius 2 is 1.93 bits per heavy atom. The summed E-state index contributed by atoms with van der Waals surface area (Å²) in [5.74, 6) is 1.000. The number of nitrogens with one attached hydrogen (secondary N) is 1. The fraction of sp³-hybridized carbons (Fsp3) is 0.333. The lowest BCUT2D eigenvalue weighted by atomic mass is 10.2. The average molecular weight is 415 g/mol. The topological polar surface area (TPSA) is 116 Å². The molecule has 0 amide bonds. The highest BCUT2D eigenvalue weighted by atomic mass is 35.5. The fourth-order valence-electron chi connectivity index (χ4n) is 3.11. The number of rotatable bonds is 6. The first kappa shape index (κ1) is 19.1. The monoisotopic (exact) mass is 414 g/mol. The minimum absolute atomic E-state index is 0.202. The molecule has 0 aliphatic rings. The van der Waals surface area contributed by atoms with Gasteiger partial charge in [-0.05, 0) is 35.9 Å². The van der Waals surface area contributed by atoms with Crippen molar-refractivity contribution < 1.29 is 0 Å². The van der Waals surface area contributed by atoms with E-state index in [2.05, 4.69) is 25.4 Å². The molecule has 3 aromatic heterocycles. The zero-order valence-corrected chi connectivity index (χ0v) is 16.7. The summed E-state index contributed by atoms with van der Waals surface area (Å²) in [7, 11) is 1.73. The molecule has 0 radical (unpaired) electrons. The molecule has 1 aromatic carbocycles. The van der Waals surface area contributed by atoms with Gasteiger partial charge in [0.15, 0.2) is 11.2 Å². The SMILES string of the molecule is CCCCn1c(=O)[nH]c(=O)c2c1nc(Cn1nnc(-c3ccc(Cl)cc3)n1)n2C. The van der Waals surface area contributed by atoms with Crippen LogP contribution in [0.2, 0.25) is 5.02 Å². The highest BCUT2D eigenvalue weighted by molar-refractivity contribution is 6.30. The second-order valence-corrected chi connectivity index (χ2v) is 7.11. The summed E-state index contributed by atoms with van der Waals surface area (Å²) in [6, 6.07) is 7.13. The first-order valence-corrected chi connectivity index (χ1v) is 9.58. The number of imidazole rings is 1. The molecule has 10 nitrogen and oxygen atoms in total. The van der Waals surface area contributed by atoms with Gasteiger partial charge < -0.3 is 4.57 Å². The molecule has 0 bridgehead atoms. The molecule has 1 N–H and O–H groups in total. The summed E-state index contributed by atoms with van der Waals surface area (Å²) >= 11 is 5.91. The summed E-state index contributed by atoms with van der Waals surface area (Å²) in [6.45, 7) is 2.72. The molecular weight excluding hydrogens is 396 g/mol. The summed E-state index contributed by atoms with van der Waals surface area (Å²) in [5, 5.41) is 13.1. The van der Waals surface area contributed by atoms with E-state index >= 15 is 0 Å². The van der Waals surface area contributed by atoms with Gasteiger partial charge >= 0.3 is 5.69 Å². The summed E-state index contributed by atoms with van der Waals surface area (Å²) in [6.07, 6.45) is 1.73. The Bertz CT molecular complexity index is 1280. The zero-order valence-electron chi connectivity index (χ0n) is 16.0. The summed E-state index contributed by atoms with van der Waals surface area (Å²) in [4.78, 5) is 32.9. The number of halogens is 1. The standard InChI is InChI=1S/C18H19ClN8O2/c1-3-4-9-26-16-14(17(28)21-18(26)29)25(2)13(20-16)10-27-23-15(22-24-27)11-5-7-12(19)8-6-11/h5-8H,3-4,9-10H2,1-2H3,(H,21,28,29). The Morgan fingerprint density at radius 1 is 1.17 bits per heavy atom. The summed E-state index contributed by atoms with van der Waals surface area (Å²) < 4.78 is 3.15. The van der Waals surface area contributed by atoms with Crippen LogP contribution >= 0.6 is 11.6 Å². The number of aromatic amines is 1. The second kappa shape index (κ2) is 7.63. The first-order valence-electron chi connectivity index (χ1n) is 9.20. The van der Waals surface area contributed by atoms with E-state index in [-0.39, 0.29) is 6.54 Å². The van der Waals surface area contributed by atoms with E-state index < -0.39 is 11.2 Å². The summed E-state index contributed by atoms with van der Waals surface area (Å²) in [5.41, 5.74) is 0.573. The number of tetrazole rings is 1. The quantitative estimate of drug-likeness (QED) is 0.512. The van der Waals surface area contributed by atoms with Gasteiger partial charge in [0.05, 0.1) is 0 Å². The van der Waals surface area contributed by atoms with Gasteiger partial charge in [-0.3, -0.25) is 14.3 Å². The molecule has 29 heavy (non-hydrogen) atoms. The van der Waals surface area contributed by atoms with Crippen molar-refractivity contribution in [3.8, 4) is 11.4 Å². The van der Waals surface area contributed by atoms with Crippen LogP contribution in [-0.2, 0) is 20.1 Å². The number of aryl methyl sites for hydroxylation is 2. The molecule has 4 aromatic rings. The van der Waals surface area contributed by atoms with Crippen LogP contribution in [0.1, 0.15) is 25.6 Å². The van der Waals surface area contributed by atoms with Crippen LogP contribution in [0.4, 0.5) is 0 Å². The van der Waals surface area contributed by atoms with E-state index in [1.165, 1.54) is 9.36 Å². The maximum atomic E-state index is 12.3. The Kier molecular flexibility index (Phi) is 5.01. The van der Waals surface area contributed by atoms with E-state index in [1.807, 2.05) is 19.1 Å². The van der Waals surface area contributed by atoms with Crippen LogP contribution in [0.3, 0.4) is 0 Å². The van der Waals surface area contributed by atoms with Crippen molar-refractivity contribution in [2.75, 3.05) is 0 Å². The van der Waals surface area contributed by atoms with Gasteiger partial charge in [-0.15, -0.1) is 10.2 Å². The molecule has 3 heterocycles. The van der Waals surface area contributed by atoms with Crippen LogP contribution in [0, 0.1) is 0 Å². The highest BCUT2D eigenvalue weighted by Crippen LogP contribution is 2.17. The van der Waals surface area contributed by atoms with Crippen molar-refractivity contribution in [3.05, 3.63) is 56.0 Å². The molecule has 11 heteroatoms. The number of fused-ring (bicyclic) bond motifs is 1. The third kappa shape index (κ3) is 3.58. The number of nitrogens with zero attached hydrogens (tertiary/aromatic N) is 7. The van der Waals surface area contributed by atoms with Crippen LogP contribution in [0.25, 0.3) is 22.6 Å². The fourth-order valence-corrected chi connectivity index (χ4v) is 3.23. The number of unbranched alkanes of at least 4 members (excludes halogenated alkanes) is 1. The molecule has 4 rings (SSSR count). The number of benzene rings is 1. The molecule has 150 valence electrons. The molecular formula is C18H19ClN8O2. The van der Waals surface area contributed by atoms with Gasteiger partial charge in [0.1, 0.15) is 12.4 Å². The lowest BCUT2D eigenvalue weighted by Gasteiger charge is -2.04. The van der Waals surface area contributed by atoms with Crippen molar-refractivity contribution in [3.63, 3.8) is 0 Å². The molecule has 0 fully saturated rings. The van der Waals surface area contributed by atoms with Crippen molar-refractivity contribution in [2.45, 2.75) is 32.9 Å². The highest BCUT2D eigenvalue weighted by Gasteiger charge is 2.17. The molecule has 0 aliphatic carbocycles. The molecule has 0 spiro atoms. The Morgan fingerprint density at radius 3 is 2.66 bits per heavy atom. The molecule has 0 saturated carbocycles. The maximum Gasteiger partial charge on any atom is 0.330 e. The molecule has 0 aliphatic heterocycles. The van der Waals surface area contributed by atoms with Gasteiger partial charge in [-0.2, -0.15) is 4.80 Å². The third-order valence-corrected chi connectivity index (χ3v) is 4.93. The number of hydrogen-bond acceptors (Lipinski definition) is 6. The van der Waals surface area contributed by atoms with E-state index in [0.29, 0.717) is 34.4 Å². The van der Waals surface area contributed by atoms with Gasteiger partial charge in [-0.25, -0.2) is 9.78 Å². The van der Waals surface area contributed by atoms with Crippen molar-refractivity contribution in [2.24, 2.45) is 7.05 Å². The van der Waals surface area contributed by atoms with Crippen molar-refractivity contribution >= 4 is 22.8 Å². The number of aromatic nitrogens is 8. The normalized spacial score (nSPS) is 11.4. The van der Waals surface area contributed by atoms with E-state index in [9.17, 15) is 9.59 Å². The van der Waals surface area contributed by atoms with E-state index in [1.54, 1.807) is 23.7 Å². The van der Waals surface area contributed by atoms with E-state index in [0.717, 1.165) is 18.4 Å². The number of hydrogen-bond donors (Lipinski definition) is 1. The first-order chi connectivity index (χ1) is 14.0. The van der Waals surface area contributed by atoms with Crippen LogP contribution in [0.5, 0.6) is 0 Å². The predicted molar refractivity (Wildman–Crippen MR) is 108 cm³/mol. The van der Waals surface area contributed by atoms with Crippen molar-refractivity contribution in [1.29, 1.82) is 0 Å². The Balaban J connectivity index is 1.71. The van der Waals surface area contributed by atoms with Gasteiger partial charge in [-0.1, -0.05) is 24.9 Å². The van der Waals surface area contributed by atoms with Crippen LogP contribution < -0.4 is 11.2 Å². The second-order valence-electron chi connectivity index (χ2n) is 6.67. The molecule has 0 unspecified atom stereocenters. The van der Waals surface area contributed by atoms with Gasteiger partial charge in [0.25, 0.3) is 5.56 Å². The maximum absolute atomic E-state index is 12.3. The average Bonchev–Trinajstić information content (AvgIpc) is 3.28. The van der Waals surface area contributed by atoms with Crippen LogP contribution in [-0.4, -0.2) is 39.3 Å². The zero-order chi connectivity index (χ0) is 20.5. The van der Waals surface area contributed by atoms with Crippen molar-refractivity contribution in [1.82, 2.24) is 39.3 Å². The Hall–Kier alpha value is -3.27. The van der Waals surface area contributed by atoms with Crippen LogP contribution in [0.15, 0.2) is 33.9 Å². The minimum atomic E-state index is -0.465. The number of H-pyrrole nitrogens is 1. The lowest BCUT2D eigenvalue weighted by Crippen LogP contribution is -2.31. The molecule has 0 saturated heterocycles. The van der Waals surface area contributed by atoms with Gasteiger partial charge in [0.2, 0.25) is 5.82 Å².